The van der Waals surface area contributed by atoms with Crippen molar-refractivity contribution in [3.63, 3.8) is 0 Å². The minimum absolute atomic E-state index is 0.00980. The summed E-state index contributed by atoms with van der Waals surface area (Å²) in [6, 6.07) is 11.7. The van der Waals surface area contributed by atoms with E-state index >= 15 is 0 Å². The Labute approximate surface area is 169 Å². The Morgan fingerprint density at radius 3 is 2.37 bits per heavy atom. The molecule has 1 amide bonds. The number of rotatable bonds is 5. The number of carbonyl (C=O) groups excluding carboxylic acids is 1. The minimum atomic E-state index is -1.15. The SMILES string of the molecule is CNc1ccc(C(=O)Nc2csc(-c3ccc(Cl)cc3Cl)c2C(=O)O)cc1. The van der Waals surface area contributed by atoms with Gasteiger partial charge < -0.3 is 15.7 Å². The molecule has 0 aliphatic carbocycles. The first kappa shape index (κ1) is 19.2. The highest BCUT2D eigenvalue weighted by molar-refractivity contribution is 7.14. The Morgan fingerprint density at radius 2 is 1.78 bits per heavy atom. The molecule has 0 aliphatic heterocycles. The van der Waals surface area contributed by atoms with E-state index in [4.69, 9.17) is 23.2 Å². The second kappa shape index (κ2) is 8.00. The largest absolute Gasteiger partial charge is 0.478 e. The van der Waals surface area contributed by atoms with Crippen LogP contribution >= 0.6 is 34.5 Å². The Morgan fingerprint density at radius 1 is 1.07 bits per heavy atom. The first-order valence-electron chi connectivity index (χ1n) is 7.80. The number of anilines is 2. The molecule has 8 heteroatoms. The normalized spacial score (nSPS) is 10.5. The number of carboxylic acids is 1. The Hall–Kier alpha value is -2.54. The number of carboxylic acid groups (broad SMARTS) is 1. The molecule has 2 aromatic carbocycles. The molecular weight excluding hydrogens is 407 g/mol. The molecule has 0 unspecified atom stereocenters. The Kier molecular flexibility index (Phi) is 5.70. The van der Waals surface area contributed by atoms with Gasteiger partial charge in [0.15, 0.2) is 0 Å². The molecule has 1 heterocycles. The highest BCUT2D eigenvalue weighted by Crippen LogP contribution is 2.40. The summed E-state index contributed by atoms with van der Waals surface area (Å²) in [7, 11) is 1.78. The van der Waals surface area contributed by atoms with Crippen molar-refractivity contribution < 1.29 is 14.7 Å². The average Bonchev–Trinajstić information content (AvgIpc) is 3.05. The van der Waals surface area contributed by atoms with Crippen LogP contribution in [-0.2, 0) is 0 Å². The highest BCUT2D eigenvalue weighted by Gasteiger charge is 2.23. The molecule has 0 spiro atoms. The number of nitrogens with one attached hydrogen (secondary N) is 2. The van der Waals surface area contributed by atoms with E-state index < -0.39 is 11.9 Å². The van der Waals surface area contributed by atoms with Crippen LogP contribution in [0.15, 0.2) is 47.8 Å². The Balaban J connectivity index is 1.95. The predicted molar refractivity (Wildman–Crippen MR) is 111 cm³/mol. The van der Waals surface area contributed by atoms with Gasteiger partial charge >= 0.3 is 5.97 Å². The van der Waals surface area contributed by atoms with Crippen LogP contribution in [0.2, 0.25) is 10.0 Å². The number of benzene rings is 2. The fraction of sp³-hybridized carbons (Fsp3) is 0.0526. The van der Waals surface area contributed by atoms with Gasteiger partial charge in [-0.25, -0.2) is 4.79 Å². The second-order valence-corrected chi connectivity index (χ2v) is 7.29. The van der Waals surface area contributed by atoms with Crippen LogP contribution in [0.5, 0.6) is 0 Å². The number of hydrogen-bond donors (Lipinski definition) is 3. The third kappa shape index (κ3) is 4.08. The monoisotopic (exact) mass is 420 g/mol. The van der Waals surface area contributed by atoms with Crippen LogP contribution in [0, 0.1) is 0 Å². The zero-order valence-corrected chi connectivity index (χ0v) is 16.4. The maximum Gasteiger partial charge on any atom is 0.339 e. The minimum Gasteiger partial charge on any atom is -0.478 e. The van der Waals surface area contributed by atoms with Crippen molar-refractivity contribution >= 4 is 57.8 Å². The summed E-state index contributed by atoms with van der Waals surface area (Å²) >= 11 is 13.3. The van der Waals surface area contributed by atoms with Gasteiger partial charge in [-0.05, 0) is 36.4 Å². The quantitative estimate of drug-likeness (QED) is 0.493. The molecule has 3 rings (SSSR count). The summed E-state index contributed by atoms with van der Waals surface area (Å²) in [6.07, 6.45) is 0. The van der Waals surface area contributed by atoms with Crippen LogP contribution in [0.4, 0.5) is 11.4 Å². The molecule has 0 aliphatic rings. The fourth-order valence-electron chi connectivity index (χ4n) is 2.52. The predicted octanol–water partition coefficient (Wildman–Crippen LogP) is 5.71. The summed E-state index contributed by atoms with van der Waals surface area (Å²) in [4.78, 5) is 24.8. The lowest BCUT2D eigenvalue weighted by Crippen LogP contribution is -2.14. The van der Waals surface area contributed by atoms with Crippen molar-refractivity contribution in [3.05, 3.63) is 69.0 Å². The molecule has 0 atom stereocenters. The van der Waals surface area contributed by atoms with Crippen molar-refractivity contribution in [2.45, 2.75) is 0 Å². The smallest absolute Gasteiger partial charge is 0.339 e. The summed E-state index contributed by atoms with van der Waals surface area (Å²) in [5, 5.41) is 17.7. The van der Waals surface area contributed by atoms with Gasteiger partial charge in [-0.3, -0.25) is 4.79 Å². The van der Waals surface area contributed by atoms with E-state index in [0.29, 0.717) is 26.0 Å². The van der Waals surface area contributed by atoms with Gasteiger partial charge in [-0.15, -0.1) is 11.3 Å². The zero-order chi connectivity index (χ0) is 19.6. The van der Waals surface area contributed by atoms with E-state index in [9.17, 15) is 14.7 Å². The van der Waals surface area contributed by atoms with E-state index in [0.717, 1.165) is 5.69 Å². The van der Waals surface area contributed by atoms with Gasteiger partial charge in [0.25, 0.3) is 5.91 Å². The van der Waals surface area contributed by atoms with Gasteiger partial charge in [-0.1, -0.05) is 29.3 Å². The summed E-state index contributed by atoms with van der Waals surface area (Å²) in [6.45, 7) is 0. The lowest BCUT2D eigenvalue weighted by Gasteiger charge is -2.08. The Bertz CT molecular complexity index is 1020. The lowest BCUT2D eigenvalue weighted by molar-refractivity contribution is 0.0699. The van der Waals surface area contributed by atoms with E-state index in [1.165, 1.54) is 11.3 Å². The van der Waals surface area contributed by atoms with Crippen LogP contribution in [0.25, 0.3) is 10.4 Å². The molecule has 3 aromatic rings. The van der Waals surface area contributed by atoms with E-state index in [1.807, 2.05) is 0 Å². The van der Waals surface area contributed by atoms with Crippen LogP contribution in [-0.4, -0.2) is 24.0 Å². The maximum absolute atomic E-state index is 12.5. The summed E-state index contributed by atoms with van der Waals surface area (Å²) < 4.78 is 0. The average molecular weight is 421 g/mol. The maximum atomic E-state index is 12.5. The van der Waals surface area contributed by atoms with Gasteiger partial charge in [0, 0.05) is 34.3 Å². The van der Waals surface area contributed by atoms with Crippen molar-refractivity contribution in [2.24, 2.45) is 0 Å². The van der Waals surface area contributed by atoms with Gasteiger partial charge in [0.1, 0.15) is 5.56 Å². The topological polar surface area (TPSA) is 78.4 Å². The van der Waals surface area contributed by atoms with Crippen LogP contribution in [0.3, 0.4) is 0 Å². The molecule has 1 aromatic heterocycles. The molecule has 0 bridgehead atoms. The third-order valence-corrected chi connectivity index (χ3v) is 5.43. The van der Waals surface area contributed by atoms with Gasteiger partial charge in [-0.2, -0.15) is 0 Å². The molecule has 27 heavy (non-hydrogen) atoms. The van der Waals surface area contributed by atoms with Crippen LogP contribution < -0.4 is 10.6 Å². The van der Waals surface area contributed by atoms with E-state index in [1.54, 1.807) is 54.9 Å². The number of halogens is 2. The second-order valence-electron chi connectivity index (χ2n) is 5.56. The molecule has 5 nitrogen and oxygen atoms in total. The van der Waals surface area contributed by atoms with Crippen molar-refractivity contribution in [3.8, 4) is 10.4 Å². The number of thiophene rings is 1. The lowest BCUT2D eigenvalue weighted by atomic mass is 10.1. The van der Waals surface area contributed by atoms with Gasteiger partial charge in [0.05, 0.1) is 15.6 Å². The molecule has 0 radical (unpaired) electrons. The first-order chi connectivity index (χ1) is 12.9. The summed E-state index contributed by atoms with van der Waals surface area (Å²) in [5.41, 5.74) is 2.04. The zero-order valence-electron chi connectivity index (χ0n) is 14.0. The van der Waals surface area contributed by atoms with Crippen molar-refractivity contribution in [1.82, 2.24) is 0 Å². The van der Waals surface area contributed by atoms with Gasteiger partial charge in [0.2, 0.25) is 0 Å². The highest BCUT2D eigenvalue weighted by atomic mass is 35.5. The molecular formula is C19H14Cl2N2O3S. The molecule has 0 saturated heterocycles. The number of carbonyl (C=O) groups is 2. The molecule has 3 N–H and O–H groups in total. The van der Waals surface area contributed by atoms with Crippen molar-refractivity contribution in [1.29, 1.82) is 0 Å². The fourth-order valence-corrected chi connectivity index (χ4v) is 4.11. The molecule has 0 fully saturated rings. The van der Waals surface area contributed by atoms with Crippen LogP contribution in [0.1, 0.15) is 20.7 Å². The summed E-state index contributed by atoms with van der Waals surface area (Å²) in [5.74, 6) is -1.55. The standard InChI is InChI=1S/C19H14Cl2N2O3S/c1-22-12-5-2-10(3-6-12)18(24)23-15-9-27-17(16(15)19(25)26)13-7-4-11(20)8-14(13)21/h2-9,22H,1H3,(H,23,24)(H,25,26). The number of aromatic carboxylic acids is 1. The van der Waals surface area contributed by atoms with E-state index in [2.05, 4.69) is 10.6 Å². The molecule has 138 valence electrons. The number of amides is 1. The number of hydrogen-bond acceptors (Lipinski definition) is 4. The van der Waals surface area contributed by atoms with E-state index in [-0.39, 0.29) is 11.3 Å². The first-order valence-corrected chi connectivity index (χ1v) is 9.43. The van der Waals surface area contributed by atoms with Crippen molar-refractivity contribution in [2.75, 3.05) is 17.7 Å². The molecule has 0 saturated carbocycles. The third-order valence-electron chi connectivity index (χ3n) is 3.86.